The second kappa shape index (κ2) is 6.29. The molecule has 0 atom stereocenters. The first-order valence-corrected chi connectivity index (χ1v) is 7.58. The van der Waals surface area contributed by atoms with E-state index in [1.807, 2.05) is 20.8 Å². The minimum atomic E-state index is -0.175. The van der Waals surface area contributed by atoms with Crippen molar-refractivity contribution < 1.29 is 4.79 Å². The average molecular weight is 274 g/mol. The summed E-state index contributed by atoms with van der Waals surface area (Å²) in [6.45, 7) is 6.00. The first kappa shape index (κ1) is 14.9. The summed E-state index contributed by atoms with van der Waals surface area (Å²) in [6, 6.07) is 11.0. The van der Waals surface area contributed by atoms with Gasteiger partial charge in [-0.05, 0) is 57.9 Å². The number of hydrogen-bond acceptors (Lipinski definition) is 1. The van der Waals surface area contributed by atoms with Crippen LogP contribution in [0.3, 0.4) is 0 Å². The smallest absolute Gasteiger partial charge is 0.315 e. The number of nitrogens with one attached hydrogen (secondary N) is 2. The highest BCUT2D eigenvalue weighted by molar-refractivity contribution is 5.74. The van der Waals surface area contributed by atoms with Crippen molar-refractivity contribution >= 4 is 6.03 Å². The molecule has 1 aromatic rings. The van der Waals surface area contributed by atoms with Gasteiger partial charge in [-0.25, -0.2) is 4.79 Å². The van der Waals surface area contributed by atoms with Crippen molar-refractivity contribution in [3.63, 3.8) is 0 Å². The SMILES string of the molecule is CC(C)(C)NC(=O)NC1CCC(c2ccccc2)CC1. The van der Waals surface area contributed by atoms with Gasteiger partial charge in [0.25, 0.3) is 0 Å². The zero-order valence-corrected chi connectivity index (χ0v) is 12.8. The number of carbonyl (C=O) groups excluding carboxylic acids is 1. The van der Waals surface area contributed by atoms with E-state index < -0.39 is 0 Å². The molecule has 20 heavy (non-hydrogen) atoms. The molecule has 110 valence electrons. The Balaban J connectivity index is 1.79. The molecule has 2 amide bonds. The molecular formula is C17H26N2O. The summed E-state index contributed by atoms with van der Waals surface area (Å²) in [6.07, 6.45) is 4.45. The fourth-order valence-corrected chi connectivity index (χ4v) is 2.86. The predicted molar refractivity (Wildman–Crippen MR) is 82.9 cm³/mol. The summed E-state index contributed by atoms with van der Waals surface area (Å²) in [5.74, 6) is 0.653. The van der Waals surface area contributed by atoms with Crippen molar-refractivity contribution in [2.24, 2.45) is 0 Å². The van der Waals surface area contributed by atoms with E-state index in [4.69, 9.17) is 0 Å². The maximum atomic E-state index is 11.9. The average Bonchev–Trinajstić information content (AvgIpc) is 2.38. The van der Waals surface area contributed by atoms with Gasteiger partial charge in [0.1, 0.15) is 0 Å². The van der Waals surface area contributed by atoms with E-state index in [0.29, 0.717) is 12.0 Å². The molecule has 0 saturated heterocycles. The highest BCUT2D eigenvalue weighted by Gasteiger charge is 2.24. The summed E-state index contributed by atoms with van der Waals surface area (Å²) in [5, 5.41) is 6.06. The third-order valence-electron chi connectivity index (χ3n) is 3.82. The molecule has 0 aliphatic heterocycles. The molecule has 0 radical (unpaired) electrons. The molecule has 3 nitrogen and oxygen atoms in total. The topological polar surface area (TPSA) is 41.1 Å². The van der Waals surface area contributed by atoms with E-state index >= 15 is 0 Å². The molecule has 0 unspecified atom stereocenters. The van der Waals surface area contributed by atoms with E-state index in [0.717, 1.165) is 25.7 Å². The van der Waals surface area contributed by atoms with Crippen LogP contribution in [0.4, 0.5) is 4.79 Å². The van der Waals surface area contributed by atoms with Crippen molar-refractivity contribution in [1.82, 2.24) is 10.6 Å². The van der Waals surface area contributed by atoms with Crippen molar-refractivity contribution in [1.29, 1.82) is 0 Å². The van der Waals surface area contributed by atoms with Crippen LogP contribution in [0.1, 0.15) is 57.9 Å². The van der Waals surface area contributed by atoms with Gasteiger partial charge in [0.2, 0.25) is 0 Å². The Morgan fingerprint density at radius 2 is 1.65 bits per heavy atom. The molecule has 0 bridgehead atoms. The number of carbonyl (C=O) groups is 1. The molecule has 1 fully saturated rings. The highest BCUT2D eigenvalue weighted by atomic mass is 16.2. The Labute approximate surface area is 122 Å². The molecule has 1 saturated carbocycles. The van der Waals surface area contributed by atoms with E-state index in [2.05, 4.69) is 41.0 Å². The number of urea groups is 1. The molecule has 0 heterocycles. The molecule has 1 aliphatic rings. The lowest BCUT2D eigenvalue weighted by Gasteiger charge is -2.30. The standard InChI is InChI=1S/C17H26N2O/c1-17(2,3)19-16(20)18-15-11-9-14(10-12-15)13-7-5-4-6-8-13/h4-8,14-15H,9-12H2,1-3H3,(H2,18,19,20). The zero-order chi connectivity index (χ0) is 14.6. The quantitative estimate of drug-likeness (QED) is 0.846. The minimum absolute atomic E-state index is 0.0411. The predicted octanol–water partition coefficient (Wildman–Crippen LogP) is 3.81. The molecular weight excluding hydrogens is 248 g/mol. The first-order chi connectivity index (χ1) is 9.44. The summed E-state index contributed by atoms with van der Waals surface area (Å²) in [5.41, 5.74) is 1.26. The maximum Gasteiger partial charge on any atom is 0.315 e. The van der Waals surface area contributed by atoms with Crippen LogP contribution < -0.4 is 10.6 Å². The number of benzene rings is 1. The van der Waals surface area contributed by atoms with Crippen LogP contribution in [0.25, 0.3) is 0 Å². The van der Waals surface area contributed by atoms with Gasteiger partial charge in [-0.1, -0.05) is 30.3 Å². The molecule has 1 aliphatic carbocycles. The molecule has 0 aromatic heterocycles. The molecule has 1 aromatic carbocycles. The van der Waals surface area contributed by atoms with Gasteiger partial charge in [0, 0.05) is 11.6 Å². The monoisotopic (exact) mass is 274 g/mol. The van der Waals surface area contributed by atoms with Gasteiger partial charge >= 0.3 is 6.03 Å². The summed E-state index contributed by atoms with van der Waals surface area (Å²) in [4.78, 5) is 11.9. The Bertz CT molecular complexity index is 428. The fraction of sp³-hybridized carbons (Fsp3) is 0.588. The van der Waals surface area contributed by atoms with Crippen molar-refractivity contribution in [2.75, 3.05) is 0 Å². The lowest BCUT2D eigenvalue weighted by molar-refractivity contribution is 0.222. The third-order valence-corrected chi connectivity index (χ3v) is 3.82. The van der Waals surface area contributed by atoms with Gasteiger partial charge < -0.3 is 10.6 Å². The van der Waals surface area contributed by atoms with Crippen LogP contribution in [0, 0.1) is 0 Å². The lowest BCUT2D eigenvalue weighted by Crippen LogP contribution is -2.50. The van der Waals surface area contributed by atoms with E-state index in [-0.39, 0.29) is 11.6 Å². The van der Waals surface area contributed by atoms with Crippen LogP contribution in [-0.2, 0) is 0 Å². The Kier molecular flexibility index (Phi) is 4.69. The van der Waals surface area contributed by atoms with Gasteiger partial charge in [0.05, 0.1) is 0 Å². The summed E-state index contributed by atoms with van der Waals surface area (Å²) >= 11 is 0. The van der Waals surface area contributed by atoms with Crippen LogP contribution in [0.5, 0.6) is 0 Å². The molecule has 3 heteroatoms. The van der Waals surface area contributed by atoms with Gasteiger partial charge in [-0.15, -0.1) is 0 Å². The van der Waals surface area contributed by atoms with Crippen LogP contribution >= 0.6 is 0 Å². The first-order valence-electron chi connectivity index (χ1n) is 7.58. The number of amides is 2. The molecule has 2 rings (SSSR count). The zero-order valence-electron chi connectivity index (χ0n) is 12.8. The van der Waals surface area contributed by atoms with E-state index in [1.54, 1.807) is 0 Å². The van der Waals surface area contributed by atoms with Gasteiger partial charge in [-0.3, -0.25) is 0 Å². The second-order valence-corrected chi connectivity index (χ2v) is 6.81. The van der Waals surface area contributed by atoms with E-state index in [9.17, 15) is 4.79 Å². The fourth-order valence-electron chi connectivity index (χ4n) is 2.86. The Morgan fingerprint density at radius 1 is 1.05 bits per heavy atom. The van der Waals surface area contributed by atoms with Gasteiger partial charge in [-0.2, -0.15) is 0 Å². The largest absolute Gasteiger partial charge is 0.335 e. The third kappa shape index (κ3) is 4.55. The number of hydrogen-bond donors (Lipinski definition) is 2. The van der Waals surface area contributed by atoms with Crippen molar-refractivity contribution in [3.8, 4) is 0 Å². The molecule has 2 N–H and O–H groups in total. The van der Waals surface area contributed by atoms with Crippen molar-refractivity contribution in [2.45, 2.75) is 64.0 Å². The second-order valence-electron chi connectivity index (χ2n) is 6.81. The van der Waals surface area contributed by atoms with Crippen LogP contribution in [0.2, 0.25) is 0 Å². The van der Waals surface area contributed by atoms with E-state index in [1.165, 1.54) is 5.56 Å². The van der Waals surface area contributed by atoms with Crippen LogP contribution in [0.15, 0.2) is 30.3 Å². The van der Waals surface area contributed by atoms with Crippen LogP contribution in [-0.4, -0.2) is 17.6 Å². The summed E-state index contributed by atoms with van der Waals surface area (Å²) in [7, 11) is 0. The highest BCUT2D eigenvalue weighted by Crippen LogP contribution is 2.32. The van der Waals surface area contributed by atoms with Gasteiger partial charge in [0.15, 0.2) is 0 Å². The normalized spacial score (nSPS) is 23.1. The van der Waals surface area contributed by atoms with Crippen molar-refractivity contribution in [3.05, 3.63) is 35.9 Å². The lowest BCUT2D eigenvalue weighted by atomic mass is 9.82. The minimum Gasteiger partial charge on any atom is -0.335 e. The Morgan fingerprint density at radius 3 is 2.20 bits per heavy atom. The summed E-state index contributed by atoms with van der Waals surface area (Å²) < 4.78 is 0. The number of rotatable bonds is 2. The molecule has 0 spiro atoms. The maximum absolute atomic E-state index is 11.9. The Hall–Kier alpha value is -1.51.